The number of piperidine rings is 1. The molecule has 0 radical (unpaired) electrons. The molecule has 2 aliphatic heterocycles. The van der Waals surface area contributed by atoms with Crippen LogP contribution in [0.4, 0.5) is 0 Å². The summed E-state index contributed by atoms with van der Waals surface area (Å²) in [5, 5.41) is 0. The van der Waals surface area contributed by atoms with Gasteiger partial charge in [-0.15, -0.1) is 0 Å². The van der Waals surface area contributed by atoms with Crippen molar-refractivity contribution in [3.63, 3.8) is 0 Å². The second-order valence-electron chi connectivity index (χ2n) is 8.11. The number of rotatable bonds is 6. The van der Waals surface area contributed by atoms with Gasteiger partial charge >= 0.3 is 0 Å². The molecule has 0 aromatic heterocycles. The highest BCUT2D eigenvalue weighted by Gasteiger charge is 2.51. The minimum absolute atomic E-state index is 0.0109. The maximum Gasteiger partial charge on any atom is 0.246 e. The number of sulfonamides is 2. The maximum absolute atomic E-state index is 13.4. The van der Waals surface area contributed by atoms with E-state index >= 15 is 0 Å². The second kappa shape index (κ2) is 8.88. The van der Waals surface area contributed by atoms with E-state index in [9.17, 15) is 16.8 Å². The van der Waals surface area contributed by atoms with Gasteiger partial charge in [-0.05, 0) is 31.2 Å². The molecule has 33 heavy (non-hydrogen) atoms. The van der Waals surface area contributed by atoms with Crippen LogP contribution in [-0.2, 0) is 24.8 Å². The first-order valence-electron chi connectivity index (χ1n) is 10.6. The number of methoxy groups -OCH3 is 2. The zero-order valence-electron chi connectivity index (χ0n) is 18.9. The molecule has 0 saturated carbocycles. The first kappa shape index (κ1) is 24.0. The third-order valence-corrected chi connectivity index (χ3v) is 10.1. The lowest BCUT2D eigenvalue weighted by Crippen LogP contribution is -2.55. The fraction of sp³-hybridized carbons (Fsp3) is 0.455. The smallest absolute Gasteiger partial charge is 0.246 e. The average molecular weight is 497 g/mol. The summed E-state index contributed by atoms with van der Waals surface area (Å²) >= 11 is 0. The molecule has 0 aliphatic carbocycles. The Morgan fingerprint density at radius 2 is 1.55 bits per heavy atom. The summed E-state index contributed by atoms with van der Waals surface area (Å²) < 4.78 is 72.6. The van der Waals surface area contributed by atoms with Crippen molar-refractivity contribution in [2.45, 2.75) is 35.3 Å². The van der Waals surface area contributed by atoms with E-state index in [2.05, 4.69) is 0 Å². The van der Waals surface area contributed by atoms with Gasteiger partial charge in [0.2, 0.25) is 20.0 Å². The molecule has 180 valence electrons. The predicted octanol–water partition coefficient (Wildman–Crippen LogP) is 2.21. The second-order valence-corrected chi connectivity index (χ2v) is 11.9. The summed E-state index contributed by atoms with van der Waals surface area (Å²) in [5.74, 6) is 0.620. The number of benzene rings is 2. The van der Waals surface area contributed by atoms with Crippen molar-refractivity contribution in [2.24, 2.45) is 0 Å². The van der Waals surface area contributed by atoms with Crippen LogP contribution in [0, 0.1) is 6.92 Å². The van der Waals surface area contributed by atoms with Gasteiger partial charge in [0.1, 0.15) is 22.1 Å². The van der Waals surface area contributed by atoms with Gasteiger partial charge in [0.15, 0.2) is 0 Å². The molecule has 0 N–H and O–H groups in total. The normalized spacial score (nSPS) is 19.6. The summed E-state index contributed by atoms with van der Waals surface area (Å²) in [6.45, 7) is 2.61. The first-order chi connectivity index (χ1) is 15.6. The molecule has 4 rings (SSSR count). The summed E-state index contributed by atoms with van der Waals surface area (Å²) in [6, 6.07) is 11.3. The lowest BCUT2D eigenvalue weighted by molar-refractivity contribution is -0.0806. The van der Waals surface area contributed by atoms with E-state index in [1.54, 1.807) is 36.4 Å². The molecule has 0 amide bonds. The fourth-order valence-electron chi connectivity index (χ4n) is 4.37. The van der Waals surface area contributed by atoms with Crippen LogP contribution in [0.15, 0.2) is 52.3 Å². The Labute approximate surface area is 195 Å². The summed E-state index contributed by atoms with van der Waals surface area (Å²) in [7, 11) is -4.80. The highest BCUT2D eigenvalue weighted by Crippen LogP contribution is 2.40. The molecular weight excluding hydrogens is 468 g/mol. The molecule has 2 heterocycles. The van der Waals surface area contributed by atoms with Gasteiger partial charge in [0.05, 0.1) is 25.7 Å². The fourth-order valence-corrected chi connectivity index (χ4v) is 7.70. The predicted molar refractivity (Wildman–Crippen MR) is 121 cm³/mol. The molecule has 2 aromatic rings. The molecule has 11 heteroatoms. The van der Waals surface area contributed by atoms with Crippen LogP contribution >= 0.6 is 0 Å². The maximum atomic E-state index is 13.4. The van der Waals surface area contributed by atoms with Crippen molar-refractivity contribution < 1.29 is 31.0 Å². The van der Waals surface area contributed by atoms with Crippen LogP contribution in [0.2, 0.25) is 0 Å². The van der Waals surface area contributed by atoms with E-state index in [4.69, 9.17) is 14.2 Å². The van der Waals surface area contributed by atoms with E-state index < -0.39 is 25.8 Å². The highest BCUT2D eigenvalue weighted by atomic mass is 32.2. The molecule has 2 aromatic carbocycles. The lowest BCUT2D eigenvalue weighted by Gasteiger charge is -2.42. The molecule has 0 bridgehead atoms. The van der Waals surface area contributed by atoms with Crippen LogP contribution in [0.3, 0.4) is 0 Å². The average Bonchev–Trinajstić information content (AvgIpc) is 3.22. The standard InChI is InChI=1S/C22H28N2O7S2/c1-17-4-7-19(8-5-17)32(25,26)24-14-15-31-22(24)10-12-23(13-11-22)33(27,28)21-16-18(29-2)6-9-20(21)30-3/h4-9,16H,10-15H2,1-3H3. The quantitative estimate of drug-likeness (QED) is 0.604. The van der Waals surface area contributed by atoms with Crippen molar-refractivity contribution in [3.8, 4) is 11.5 Å². The molecule has 2 fully saturated rings. The zero-order chi connectivity index (χ0) is 23.9. The lowest BCUT2D eigenvalue weighted by atomic mass is 10.0. The van der Waals surface area contributed by atoms with Crippen LogP contribution in [0.5, 0.6) is 11.5 Å². The summed E-state index contributed by atoms with van der Waals surface area (Å²) in [5.41, 5.74) is -0.0957. The van der Waals surface area contributed by atoms with E-state index in [-0.39, 0.29) is 54.6 Å². The number of hydrogen-bond donors (Lipinski definition) is 0. The van der Waals surface area contributed by atoms with Crippen molar-refractivity contribution in [1.82, 2.24) is 8.61 Å². The largest absolute Gasteiger partial charge is 0.497 e. The van der Waals surface area contributed by atoms with E-state index in [0.29, 0.717) is 5.75 Å². The van der Waals surface area contributed by atoms with Crippen molar-refractivity contribution in [1.29, 1.82) is 0 Å². The highest BCUT2D eigenvalue weighted by molar-refractivity contribution is 7.89. The number of ether oxygens (including phenoxy) is 3. The van der Waals surface area contributed by atoms with Gasteiger partial charge in [0.25, 0.3) is 0 Å². The Hall–Kier alpha value is -2.18. The number of nitrogens with zero attached hydrogens (tertiary/aromatic N) is 2. The van der Waals surface area contributed by atoms with E-state index in [0.717, 1.165) is 5.56 Å². The van der Waals surface area contributed by atoms with Crippen molar-refractivity contribution in [3.05, 3.63) is 48.0 Å². The van der Waals surface area contributed by atoms with Gasteiger partial charge < -0.3 is 14.2 Å². The summed E-state index contributed by atoms with van der Waals surface area (Å²) in [4.78, 5) is 0.214. The van der Waals surface area contributed by atoms with Crippen molar-refractivity contribution >= 4 is 20.0 Å². The monoisotopic (exact) mass is 496 g/mol. The molecule has 0 unspecified atom stereocenters. The molecule has 0 atom stereocenters. The Bertz CT molecular complexity index is 1220. The molecule has 1 spiro atoms. The molecule has 2 aliphatic rings. The third-order valence-electron chi connectivity index (χ3n) is 6.22. The summed E-state index contributed by atoms with van der Waals surface area (Å²) in [6.07, 6.45) is 0.452. The minimum atomic E-state index is -3.89. The van der Waals surface area contributed by atoms with Crippen LogP contribution in [-0.4, -0.2) is 71.6 Å². The van der Waals surface area contributed by atoms with Gasteiger partial charge in [-0.25, -0.2) is 16.8 Å². The molecular formula is C22H28N2O7S2. The van der Waals surface area contributed by atoms with Crippen LogP contribution < -0.4 is 9.47 Å². The van der Waals surface area contributed by atoms with Crippen LogP contribution in [0.1, 0.15) is 18.4 Å². The van der Waals surface area contributed by atoms with E-state index in [1.807, 2.05) is 6.92 Å². The Morgan fingerprint density at radius 1 is 0.879 bits per heavy atom. The SMILES string of the molecule is COc1ccc(OC)c(S(=O)(=O)N2CCC3(CC2)OCCN3S(=O)(=O)c2ccc(C)cc2)c1. The van der Waals surface area contributed by atoms with Gasteiger partial charge in [-0.3, -0.25) is 0 Å². The number of hydrogen-bond acceptors (Lipinski definition) is 7. The Morgan fingerprint density at radius 3 is 2.15 bits per heavy atom. The Balaban J connectivity index is 1.58. The molecule has 2 saturated heterocycles. The third kappa shape index (κ3) is 4.24. The van der Waals surface area contributed by atoms with E-state index in [1.165, 1.54) is 28.9 Å². The topological polar surface area (TPSA) is 102 Å². The van der Waals surface area contributed by atoms with Gasteiger partial charge in [-0.2, -0.15) is 8.61 Å². The Kier molecular flexibility index (Phi) is 6.45. The minimum Gasteiger partial charge on any atom is -0.497 e. The van der Waals surface area contributed by atoms with Crippen molar-refractivity contribution in [2.75, 3.05) is 40.5 Å². The van der Waals surface area contributed by atoms with Gasteiger partial charge in [0, 0.05) is 38.5 Å². The zero-order valence-corrected chi connectivity index (χ0v) is 20.5. The van der Waals surface area contributed by atoms with Crippen LogP contribution in [0.25, 0.3) is 0 Å². The molecule has 9 nitrogen and oxygen atoms in total. The first-order valence-corrected chi connectivity index (χ1v) is 13.5. The number of aryl methyl sites for hydroxylation is 1. The van der Waals surface area contributed by atoms with Gasteiger partial charge in [-0.1, -0.05) is 17.7 Å².